The van der Waals surface area contributed by atoms with Gasteiger partial charge in [-0.15, -0.1) is 11.3 Å². The lowest BCUT2D eigenvalue weighted by Crippen LogP contribution is -2.16. The topological polar surface area (TPSA) is 41.5 Å². The highest BCUT2D eigenvalue weighted by molar-refractivity contribution is 9.11. The molecule has 0 aliphatic heterocycles. The molecule has 1 N–H and O–H groups in total. The second-order valence-corrected chi connectivity index (χ2v) is 7.25. The fourth-order valence-electron chi connectivity index (χ4n) is 2.05. The molecule has 0 saturated carbocycles. The quantitative estimate of drug-likeness (QED) is 0.502. The Kier molecular flexibility index (Phi) is 5.00. The molecule has 1 amide bonds. The maximum Gasteiger partial charge on any atom is 0.281 e. The van der Waals surface area contributed by atoms with Gasteiger partial charge in [0.05, 0.1) is 14.9 Å². The van der Waals surface area contributed by atoms with Crippen LogP contribution in [-0.4, -0.2) is 12.1 Å². The van der Waals surface area contributed by atoms with Crippen molar-refractivity contribution in [1.29, 1.82) is 0 Å². The SMILES string of the molecule is O=C(N/N=C\c1ccc(-c2ccccc2)cc1)c1ccc(Br)s1. The lowest BCUT2D eigenvalue weighted by Gasteiger charge is -2.01. The highest BCUT2D eigenvalue weighted by Crippen LogP contribution is 2.22. The van der Waals surface area contributed by atoms with Crippen molar-refractivity contribution in [3.63, 3.8) is 0 Å². The molecule has 0 unspecified atom stereocenters. The highest BCUT2D eigenvalue weighted by atomic mass is 79.9. The van der Waals surface area contributed by atoms with Gasteiger partial charge in [0.2, 0.25) is 0 Å². The van der Waals surface area contributed by atoms with E-state index in [1.807, 2.05) is 48.5 Å². The molecule has 0 fully saturated rings. The number of carbonyl (C=O) groups excluding carboxylic acids is 1. The van der Waals surface area contributed by atoms with E-state index in [0.29, 0.717) is 4.88 Å². The minimum Gasteiger partial charge on any atom is -0.266 e. The Balaban J connectivity index is 1.63. The first-order valence-electron chi connectivity index (χ1n) is 6.96. The van der Waals surface area contributed by atoms with Gasteiger partial charge in [0, 0.05) is 0 Å². The first kappa shape index (κ1) is 15.6. The van der Waals surface area contributed by atoms with Crippen LogP contribution in [0.2, 0.25) is 0 Å². The van der Waals surface area contributed by atoms with Crippen LogP contribution in [0.3, 0.4) is 0 Å². The molecule has 0 atom stereocenters. The van der Waals surface area contributed by atoms with Gasteiger partial charge >= 0.3 is 0 Å². The van der Waals surface area contributed by atoms with Crippen molar-refractivity contribution in [2.75, 3.05) is 0 Å². The average Bonchev–Trinajstić information content (AvgIpc) is 3.03. The smallest absolute Gasteiger partial charge is 0.266 e. The van der Waals surface area contributed by atoms with E-state index in [-0.39, 0.29) is 5.91 Å². The van der Waals surface area contributed by atoms with E-state index in [1.165, 1.54) is 16.9 Å². The van der Waals surface area contributed by atoms with Gasteiger partial charge in [0.25, 0.3) is 5.91 Å². The predicted octanol–water partition coefficient (Wildman–Crippen LogP) is 4.94. The standard InChI is InChI=1S/C18H13BrN2OS/c19-17-11-10-16(23-17)18(22)21-20-12-13-6-8-15(9-7-13)14-4-2-1-3-5-14/h1-12H,(H,21,22)/b20-12-. The molecule has 5 heteroatoms. The Morgan fingerprint density at radius 3 is 2.30 bits per heavy atom. The van der Waals surface area contributed by atoms with Crippen molar-refractivity contribution >= 4 is 39.4 Å². The van der Waals surface area contributed by atoms with Crippen LogP contribution < -0.4 is 5.43 Å². The number of hydrogen-bond acceptors (Lipinski definition) is 3. The molecule has 0 radical (unpaired) electrons. The van der Waals surface area contributed by atoms with Gasteiger partial charge in [-0.3, -0.25) is 4.79 Å². The molecule has 0 aliphatic carbocycles. The van der Waals surface area contributed by atoms with Crippen LogP contribution in [0.15, 0.2) is 75.6 Å². The van der Waals surface area contributed by atoms with Gasteiger partial charge in [-0.1, -0.05) is 54.6 Å². The van der Waals surface area contributed by atoms with Gasteiger partial charge < -0.3 is 0 Å². The Morgan fingerprint density at radius 2 is 1.65 bits per heavy atom. The molecule has 1 heterocycles. The summed E-state index contributed by atoms with van der Waals surface area (Å²) in [6.07, 6.45) is 1.63. The van der Waals surface area contributed by atoms with E-state index >= 15 is 0 Å². The first-order chi connectivity index (χ1) is 11.2. The molecule has 114 valence electrons. The molecule has 3 nitrogen and oxygen atoms in total. The van der Waals surface area contributed by atoms with Crippen molar-refractivity contribution in [2.45, 2.75) is 0 Å². The summed E-state index contributed by atoms with van der Waals surface area (Å²) in [6, 6.07) is 21.8. The van der Waals surface area contributed by atoms with E-state index in [0.717, 1.165) is 14.9 Å². The van der Waals surface area contributed by atoms with Crippen LogP contribution in [-0.2, 0) is 0 Å². The van der Waals surface area contributed by atoms with Crippen LogP contribution in [0.1, 0.15) is 15.2 Å². The number of amides is 1. The first-order valence-corrected chi connectivity index (χ1v) is 8.57. The lowest BCUT2D eigenvalue weighted by atomic mass is 10.0. The van der Waals surface area contributed by atoms with Crippen LogP contribution in [0.5, 0.6) is 0 Å². The van der Waals surface area contributed by atoms with E-state index < -0.39 is 0 Å². The van der Waals surface area contributed by atoms with E-state index in [2.05, 4.69) is 38.6 Å². The molecule has 1 aromatic heterocycles. The predicted molar refractivity (Wildman–Crippen MR) is 99.0 cm³/mol. The van der Waals surface area contributed by atoms with E-state index in [1.54, 1.807) is 12.3 Å². The van der Waals surface area contributed by atoms with Crippen molar-refractivity contribution in [3.8, 4) is 11.1 Å². The Labute approximate surface area is 146 Å². The van der Waals surface area contributed by atoms with E-state index in [4.69, 9.17) is 0 Å². The fraction of sp³-hybridized carbons (Fsp3) is 0. The maximum atomic E-state index is 11.9. The fourth-order valence-corrected chi connectivity index (χ4v) is 3.33. The number of nitrogens with one attached hydrogen (secondary N) is 1. The summed E-state index contributed by atoms with van der Waals surface area (Å²) in [6.45, 7) is 0. The molecular formula is C18H13BrN2OS. The molecule has 0 saturated heterocycles. The van der Waals surface area contributed by atoms with Gasteiger partial charge in [-0.2, -0.15) is 5.10 Å². The number of hydrazone groups is 1. The normalized spacial score (nSPS) is 10.8. The zero-order valence-corrected chi connectivity index (χ0v) is 14.5. The summed E-state index contributed by atoms with van der Waals surface area (Å²) in [5, 5.41) is 4.00. The summed E-state index contributed by atoms with van der Waals surface area (Å²) >= 11 is 4.70. The molecular weight excluding hydrogens is 372 g/mol. The van der Waals surface area contributed by atoms with Gasteiger partial charge in [-0.25, -0.2) is 5.43 Å². The molecule has 2 aromatic carbocycles. The van der Waals surface area contributed by atoms with Crippen molar-refractivity contribution in [2.24, 2.45) is 5.10 Å². The number of nitrogens with zero attached hydrogens (tertiary/aromatic N) is 1. The van der Waals surface area contributed by atoms with Crippen molar-refractivity contribution < 1.29 is 4.79 Å². The summed E-state index contributed by atoms with van der Waals surface area (Å²) in [5.41, 5.74) is 5.78. The third-order valence-electron chi connectivity index (χ3n) is 3.19. The number of hydrogen-bond donors (Lipinski definition) is 1. The summed E-state index contributed by atoms with van der Waals surface area (Å²) < 4.78 is 0.920. The highest BCUT2D eigenvalue weighted by Gasteiger charge is 2.06. The van der Waals surface area contributed by atoms with Crippen molar-refractivity contribution in [3.05, 3.63) is 81.0 Å². The van der Waals surface area contributed by atoms with Crippen LogP contribution in [0.4, 0.5) is 0 Å². The Morgan fingerprint density at radius 1 is 0.957 bits per heavy atom. The minimum absolute atomic E-state index is 0.210. The zero-order valence-electron chi connectivity index (χ0n) is 12.1. The second kappa shape index (κ2) is 7.35. The van der Waals surface area contributed by atoms with Crippen LogP contribution >= 0.6 is 27.3 Å². The molecule has 3 aromatic rings. The third kappa shape index (κ3) is 4.15. The monoisotopic (exact) mass is 384 g/mol. The van der Waals surface area contributed by atoms with Gasteiger partial charge in [0.1, 0.15) is 0 Å². The number of carbonyl (C=O) groups is 1. The van der Waals surface area contributed by atoms with Crippen LogP contribution in [0, 0.1) is 0 Å². The molecule has 0 aliphatic rings. The summed E-state index contributed by atoms with van der Waals surface area (Å²) in [7, 11) is 0. The lowest BCUT2D eigenvalue weighted by molar-refractivity contribution is 0.0959. The largest absolute Gasteiger partial charge is 0.281 e. The maximum absolute atomic E-state index is 11.9. The zero-order chi connectivity index (χ0) is 16.1. The summed E-state index contributed by atoms with van der Waals surface area (Å²) in [5.74, 6) is -0.210. The molecule has 23 heavy (non-hydrogen) atoms. The number of thiophene rings is 1. The number of benzene rings is 2. The Bertz CT molecular complexity index is 826. The number of rotatable bonds is 4. The summed E-state index contributed by atoms with van der Waals surface area (Å²) in [4.78, 5) is 12.5. The van der Waals surface area contributed by atoms with Crippen molar-refractivity contribution in [1.82, 2.24) is 5.43 Å². The third-order valence-corrected chi connectivity index (χ3v) is 4.82. The average molecular weight is 385 g/mol. The second-order valence-electron chi connectivity index (χ2n) is 4.79. The minimum atomic E-state index is -0.210. The van der Waals surface area contributed by atoms with E-state index in [9.17, 15) is 4.79 Å². The van der Waals surface area contributed by atoms with Gasteiger partial charge in [-0.05, 0) is 44.8 Å². The molecule has 3 rings (SSSR count). The van der Waals surface area contributed by atoms with Crippen LogP contribution in [0.25, 0.3) is 11.1 Å². The van der Waals surface area contributed by atoms with Gasteiger partial charge in [0.15, 0.2) is 0 Å². The Hall–Kier alpha value is -2.24. The number of halogens is 1. The molecule has 0 spiro atoms. The molecule has 0 bridgehead atoms.